The number of carbonyl (C=O) groups excluding carboxylic acids is 1. The maximum atomic E-state index is 15.5. The van der Waals surface area contributed by atoms with E-state index in [0.29, 0.717) is 48.3 Å². The highest BCUT2D eigenvalue weighted by Gasteiger charge is 2.25. The van der Waals surface area contributed by atoms with Crippen LogP contribution in [0.1, 0.15) is 44.3 Å². The second-order valence-electron chi connectivity index (χ2n) is 10.9. The lowest BCUT2D eigenvalue weighted by Crippen LogP contribution is -2.26. The first kappa shape index (κ1) is 31.0. The number of aromatic nitrogens is 8. The monoisotopic (exact) mass is 665 g/mol. The number of carboxylic acids is 1. The molecule has 0 aliphatic carbocycles. The van der Waals surface area contributed by atoms with Crippen LogP contribution in [0.15, 0.2) is 60.0 Å². The van der Waals surface area contributed by atoms with Gasteiger partial charge in [-0.25, -0.2) is 14.1 Å². The summed E-state index contributed by atoms with van der Waals surface area (Å²) in [5.41, 5.74) is 1.53. The molecule has 0 fully saturated rings. The van der Waals surface area contributed by atoms with Gasteiger partial charge in [0.2, 0.25) is 5.91 Å². The van der Waals surface area contributed by atoms with Crippen molar-refractivity contribution in [1.82, 2.24) is 39.3 Å². The van der Waals surface area contributed by atoms with Gasteiger partial charge < -0.3 is 10.4 Å². The first-order valence-electron chi connectivity index (χ1n) is 14.3. The quantitative estimate of drug-likeness (QED) is 0.262. The molecule has 1 aliphatic heterocycles. The summed E-state index contributed by atoms with van der Waals surface area (Å²) in [7, 11) is 0. The van der Waals surface area contributed by atoms with Crippen LogP contribution in [0.2, 0.25) is 10.2 Å². The normalized spacial score (nSPS) is 16.9. The highest BCUT2D eigenvalue weighted by molar-refractivity contribution is 6.31. The minimum absolute atomic E-state index is 0.0230. The number of nitrogens with zero attached hydrogens (tertiary/aromatic N) is 8. The molecule has 6 rings (SSSR count). The highest BCUT2D eigenvalue weighted by atomic mass is 35.5. The molecule has 2 atom stereocenters. The molecule has 16 heteroatoms. The second-order valence-corrected chi connectivity index (χ2v) is 11.7. The Labute approximate surface area is 270 Å². The van der Waals surface area contributed by atoms with Crippen LogP contribution in [0.5, 0.6) is 0 Å². The van der Waals surface area contributed by atoms with Gasteiger partial charge in [-0.05, 0) is 37.1 Å². The summed E-state index contributed by atoms with van der Waals surface area (Å²) in [6, 6.07) is 6.92. The molecule has 236 valence electrons. The topological polar surface area (TPSA) is 163 Å². The second kappa shape index (κ2) is 12.8. The number of benzene rings is 1. The van der Waals surface area contributed by atoms with Crippen molar-refractivity contribution in [2.45, 2.75) is 45.2 Å². The van der Waals surface area contributed by atoms with Gasteiger partial charge >= 0.3 is 5.97 Å². The third-order valence-electron chi connectivity index (χ3n) is 7.80. The summed E-state index contributed by atoms with van der Waals surface area (Å²) in [6.07, 6.45) is 8.09. The number of amides is 1. The largest absolute Gasteiger partial charge is 0.480 e. The molecule has 1 amide bonds. The molecule has 5 heterocycles. The predicted octanol–water partition coefficient (Wildman–Crippen LogP) is 5.02. The first-order chi connectivity index (χ1) is 22.1. The zero-order valence-electron chi connectivity index (χ0n) is 24.3. The van der Waals surface area contributed by atoms with Gasteiger partial charge in [-0.3, -0.25) is 28.6 Å². The Balaban J connectivity index is 1.45. The van der Waals surface area contributed by atoms with Gasteiger partial charge in [0, 0.05) is 23.7 Å². The van der Waals surface area contributed by atoms with Crippen molar-refractivity contribution >= 4 is 40.8 Å². The fourth-order valence-corrected chi connectivity index (χ4v) is 5.81. The average molecular weight is 667 g/mol. The Hall–Kier alpha value is -4.95. The van der Waals surface area contributed by atoms with Crippen molar-refractivity contribution < 1.29 is 19.1 Å². The van der Waals surface area contributed by atoms with Gasteiger partial charge in [0.05, 0.1) is 63.8 Å². The van der Waals surface area contributed by atoms with Crippen LogP contribution in [0.25, 0.3) is 28.2 Å². The number of nitrogens with one attached hydrogen (secondary N) is 1. The zero-order valence-corrected chi connectivity index (χ0v) is 25.8. The van der Waals surface area contributed by atoms with Crippen LogP contribution in [0, 0.1) is 11.7 Å². The zero-order chi connectivity index (χ0) is 32.5. The van der Waals surface area contributed by atoms with Gasteiger partial charge in [-0.15, -0.1) is 5.10 Å². The maximum absolute atomic E-state index is 15.5. The van der Waals surface area contributed by atoms with Crippen molar-refractivity contribution in [2.75, 3.05) is 5.32 Å². The van der Waals surface area contributed by atoms with Crippen LogP contribution in [0.4, 0.5) is 10.1 Å². The third-order valence-corrected chi connectivity index (χ3v) is 8.27. The van der Waals surface area contributed by atoms with Crippen LogP contribution >= 0.6 is 23.2 Å². The van der Waals surface area contributed by atoms with Gasteiger partial charge in [0.1, 0.15) is 6.54 Å². The number of aliphatic carboxylic acids is 1. The Kier molecular flexibility index (Phi) is 8.65. The lowest BCUT2D eigenvalue weighted by molar-refractivity contribution is -0.137. The fraction of sp³-hybridized carbons (Fsp3) is 0.267. The highest BCUT2D eigenvalue weighted by Crippen LogP contribution is 2.34. The molecule has 13 nitrogen and oxygen atoms in total. The van der Waals surface area contributed by atoms with E-state index in [0.717, 1.165) is 0 Å². The van der Waals surface area contributed by atoms with E-state index in [1.807, 2.05) is 6.92 Å². The number of hydrogen-bond acceptors (Lipinski definition) is 8. The number of hydrogen-bond donors (Lipinski definition) is 2. The molecule has 0 saturated carbocycles. The van der Waals surface area contributed by atoms with E-state index in [-0.39, 0.29) is 38.9 Å². The van der Waals surface area contributed by atoms with E-state index in [2.05, 4.69) is 30.7 Å². The number of pyridine rings is 1. The van der Waals surface area contributed by atoms with E-state index < -0.39 is 29.9 Å². The minimum Gasteiger partial charge on any atom is -0.480 e. The van der Waals surface area contributed by atoms with Crippen LogP contribution in [-0.4, -0.2) is 56.3 Å². The molecule has 0 saturated heterocycles. The maximum Gasteiger partial charge on any atom is 0.325 e. The Bertz CT molecular complexity index is 2030. The summed E-state index contributed by atoms with van der Waals surface area (Å²) in [6.45, 7) is 1.38. The van der Waals surface area contributed by atoms with Gasteiger partial charge in [-0.2, -0.15) is 5.10 Å². The number of carboxylic acid groups (broad SMARTS) is 1. The molecule has 5 aromatic rings. The van der Waals surface area contributed by atoms with Gasteiger partial charge in [0.15, 0.2) is 11.0 Å². The van der Waals surface area contributed by atoms with Crippen molar-refractivity contribution in [2.24, 2.45) is 5.92 Å². The summed E-state index contributed by atoms with van der Waals surface area (Å²) in [4.78, 5) is 47.4. The number of carbonyl (C=O) groups is 2. The number of anilines is 1. The molecule has 1 aromatic carbocycles. The van der Waals surface area contributed by atoms with E-state index in [1.165, 1.54) is 50.9 Å². The Morgan fingerprint density at radius 3 is 2.67 bits per heavy atom. The fourth-order valence-electron chi connectivity index (χ4n) is 5.53. The SMILES string of the molecule is C[C@@H]1CCCC[C@H](n2cnc(-c3c(-n4cc(Cl)nn4)ccc(Cl)c3F)cc2=O)c2cc(ccn2)-c2c(cnn2CC(=O)O)NC1=O. The van der Waals surface area contributed by atoms with Crippen molar-refractivity contribution in [3.63, 3.8) is 0 Å². The van der Waals surface area contributed by atoms with Crippen LogP contribution < -0.4 is 10.9 Å². The molecule has 2 bridgehead atoms. The molecule has 46 heavy (non-hydrogen) atoms. The molecule has 1 aliphatic rings. The lowest BCUT2D eigenvalue weighted by Gasteiger charge is -2.21. The molecule has 0 radical (unpaired) electrons. The molecule has 2 N–H and O–H groups in total. The van der Waals surface area contributed by atoms with Crippen molar-refractivity contribution in [3.8, 4) is 28.2 Å². The molecule has 0 unspecified atom stereocenters. The van der Waals surface area contributed by atoms with E-state index in [1.54, 1.807) is 18.3 Å². The van der Waals surface area contributed by atoms with Crippen molar-refractivity contribution in [1.29, 1.82) is 0 Å². The van der Waals surface area contributed by atoms with E-state index in [9.17, 15) is 19.5 Å². The number of halogens is 3. The predicted molar refractivity (Wildman–Crippen MR) is 166 cm³/mol. The molecule has 4 aromatic heterocycles. The smallest absolute Gasteiger partial charge is 0.325 e. The molecular weight excluding hydrogens is 640 g/mol. The summed E-state index contributed by atoms with van der Waals surface area (Å²) >= 11 is 12.1. The molecule has 0 spiro atoms. The average Bonchev–Trinajstić information content (AvgIpc) is 3.63. The lowest BCUT2D eigenvalue weighted by atomic mass is 9.99. The third kappa shape index (κ3) is 6.13. The van der Waals surface area contributed by atoms with Crippen LogP contribution in [0.3, 0.4) is 0 Å². The first-order valence-corrected chi connectivity index (χ1v) is 15.1. The summed E-state index contributed by atoms with van der Waals surface area (Å²) in [5.74, 6) is -2.44. The van der Waals surface area contributed by atoms with Crippen molar-refractivity contribution in [3.05, 3.63) is 87.3 Å². The Morgan fingerprint density at radius 2 is 1.93 bits per heavy atom. The number of rotatable bonds is 5. The summed E-state index contributed by atoms with van der Waals surface area (Å²) in [5, 5.41) is 24.2. The minimum atomic E-state index is -1.11. The van der Waals surface area contributed by atoms with E-state index >= 15 is 4.39 Å². The van der Waals surface area contributed by atoms with E-state index in [4.69, 9.17) is 23.2 Å². The van der Waals surface area contributed by atoms with Gasteiger partial charge in [0.25, 0.3) is 5.56 Å². The van der Waals surface area contributed by atoms with Gasteiger partial charge in [-0.1, -0.05) is 48.2 Å². The molecular formula is C30H26Cl2FN9O4. The van der Waals surface area contributed by atoms with Crippen LogP contribution in [-0.2, 0) is 16.1 Å². The number of fused-ring (bicyclic) bond motifs is 4. The standard InChI is InChI=1S/C30H26Cl2FN9O4/c1-16-4-2-3-5-22(19-10-17(8-9-34-19)29-21(37-30(16)46)12-36-42(29)14-26(44)45)40-15-35-20(11-25(40)43)27-23(7-6-18(31)28(27)33)41-13-24(32)38-39-41/h6-13,15-16,22H,2-5,14H2,1H3,(H,37,46)(H,44,45)/t16-,22+/m1/s1. The summed E-state index contributed by atoms with van der Waals surface area (Å²) < 4.78 is 19.4. The Morgan fingerprint density at radius 1 is 1.13 bits per heavy atom.